The number of hydrogen-bond acceptors (Lipinski definition) is 15. The molecule has 1 aromatic heterocycles. The second-order valence-electron chi connectivity index (χ2n) is 10.9. The fourth-order valence-corrected chi connectivity index (χ4v) is 5.63. The molecule has 0 aliphatic heterocycles. The maximum atomic E-state index is 11.1. The van der Waals surface area contributed by atoms with Crippen LogP contribution in [0.2, 0.25) is 5.02 Å². The standard InChI is InChI=1S/C11H6Cl2O3S.C11H10O4.C9H8O3.C7H6O.C3H4O4.CO2/c12-9-7-2-1-6(4-16-5-14)3-8(7)17-10(9)11(13)15;12-8-15-7-10-3-1-9(2-4-10)5-6-11(13)14;10-5-8-1-3-9(4-2-8)6-12-7-11;8-6-7-4-2-1-3-5-7;4-2(5)1-3(6)7;2-1-3/h1-3,5H,4H2;1-6,8H,7H2,(H,13,14);1-5,7H,6H2;1-6H;1H2,(H,4,5)(H,6,7);/b;6-5+;;;;. The van der Waals surface area contributed by atoms with Crippen molar-refractivity contribution >= 4 is 112 Å². The summed E-state index contributed by atoms with van der Waals surface area (Å²) >= 11 is 12.7. The maximum absolute atomic E-state index is 11.1. The molecule has 0 saturated carbocycles. The van der Waals surface area contributed by atoms with Crippen LogP contribution in [0.25, 0.3) is 16.2 Å². The second kappa shape index (κ2) is 33.2. The zero-order chi connectivity index (χ0) is 46.7. The lowest BCUT2D eigenvalue weighted by atomic mass is 10.1. The Morgan fingerprint density at radius 3 is 1.40 bits per heavy atom. The van der Waals surface area contributed by atoms with E-state index in [4.69, 9.17) is 48.1 Å². The van der Waals surface area contributed by atoms with Gasteiger partial charge in [0.1, 0.15) is 43.7 Å². The van der Waals surface area contributed by atoms with Crippen LogP contribution in [0.4, 0.5) is 0 Å². The highest BCUT2D eigenvalue weighted by Crippen LogP contribution is 2.36. The first-order chi connectivity index (χ1) is 29.7. The molecule has 3 N–H and O–H groups in total. The predicted octanol–water partition coefficient (Wildman–Crippen LogP) is 6.70. The zero-order valence-electron chi connectivity index (χ0n) is 31.8. The van der Waals surface area contributed by atoms with Crippen molar-refractivity contribution in [3.8, 4) is 0 Å². The molecular weight excluding hydrogens is 879 g/mol. The molecule has 5 aromatic rings. The Morgan fingerprint density at radius 2 is 1.03 bits per heavy atom. The van der Waals surface area contributed by atoms with Crippen molar-refractivity contribution < 1.29 is 82.3 Å². The van der Waals surface area contributed by atoms with Crippen LogP contribution in [0.1, 0.15) is 59.1 Å². The molecule has 62 heavy (non-hydrogen) atoms. The average Bonchev–Trinajstić information content (AvgIpc) is 3.60. The predicted molar refractivity (Wildman–Crippen MR) is 221 cm³/mol. The first-order valence-electron chi connectivity index (χ1n) is 16.7. The van der Waals surface area contributed by atoms with Crippen molar-refractivity contribution in [2.75, 3.05) is 0 Å². The number of carbonyl (C=O) groups excluding carboxylic acids is 8. The number of aliphatic carboxylic acids is 3. The van der Waals surface area contributed by atoms with Gasteiger partial charge in [-0.3, -0.25) is 38.4 Å². The average molecular weight is 914 g/mol. The van der Waals surface area contributed by atoms with Crippen LogP contribution in [0, 0.1) is 0 Å². The number of benzene rings is 4. The highest BCUT2D eigenvalue weighted by molar-refractivity contribution is 7.23. The first-order valence-corrected chi connectivity index (χ1v) is 18.3. The number of carboxylic acid groups (broad SMARTS) is 3. The monoisotopic (exact) mass is 912 g/mol. The molecule has 0 spiro atoms. The lowest BCUT2D eigenvalue weighted by molar-refractivity contribution is -0.192. The van der Waals surface area contributed by atoms with Crippen LogP contribution in [-0.4, -0.2) is 76.6 Å². The van der Waals surface area contributed by atoms with Gasteiger partial charge >= 0.3 is 24.1 Å². The number of carbonyl (C=O) groups is 9. The van der Waals surface area contributed by atoms with Gasteiger partial charge in [0.25, 0.3) is 24.7 Å². The second-order valence-corrected chi connectivity index (χ2v) is 12.7. The highest BCUT2D eigenvalue weighted by Gasteiger charge is 2.15. The van der Waals surface area contributed by atoms with E-state index in [-0.39, 0.29) is 26.0 Å². The van der Waals surface area contributed by atoms with Gasteiger partial charge in [0, 0.05) is 27.3 Å². The van der Waals surface area contributed by atoms with E-state index in [1.807, 2.05) is 24.3 Å². The Labute approximate surface area is 365 Å². The first kappa shape index (κ1) is 54.4. The van der Waals surface area contributed by atoms with Crippen LogP contribution < -0.4 is 0 Å². The quantitative estimate of drug-likeness (QED) is 0.0305. The van der Waals surface area contributed by atoms with Gasteiger partial charge in [-0.2, -0.15) is 9.59 Å². The molecule has 0 aliphatic carbocycles. The zero-order valence-corrected chi connectivity index (χ0v) is 34.2. The van der Waals surface area contributed by atoms with Gasteiger partial charge in [-0.05, 0) is 46.0 Å². The Bertz CT molecular complexity index is 2250. The molecule has 0 radical (unpaired) electrons. The van der Waals surface area contributed by atoms with Crippen LogP contribution in [0.5, 0.6) is 0 Å². The van der Waals surface area contributed by atoms with Crippen LogP contribution in [0.3, 0.4) is 0 Å². The van der Waals surface area contributed by atoms with Gasteiger partial charge in [-0.1, -0.05) is 103 Å². The van der Waals surface area contributed by atoms with Crippen molar-refractivity contribution in [3.05, 3.63) is 146 Å². The third-order valence-corrected chi connectivity index (χ3v) is 8.54. The number of aldehydes is 2. The van der Waals surface area contributed by atoms with Crippen LogP contribution in [0.15, 0.2) is 103 Å². The molecule has 4 aromatic carbocycles. The minimum absolute atomic E-state index is 0.194. The summed E-state index contributed by atoms with van der Waals surface area (Å²) in [5, 5.41) is 24.4. The number of carboxylic acids is 3. The van der Waals surface area contributed by atoms with E-state index in [0.717, 1.165) is 56.6 Å². The molecule has 0 aliphatic rings. The Morgan fingerprint density at radius 1 is 0.613 bits per heavy atom. The topological polar surface area (TPSA) is 276 Å². The van der Waals surface area contributed by atoms with Crippen molar-refractivity contribution in [2.45, 2.75) is 26.2 Å². The summed E-state index contributed by atoms with van der Waals surface area (Å²) in [6, 6.07) is 28.4. The summed E-state index contributed by atoms with van der Waals surface area (Å²) < 4.78 is 14.6. The summed E-state index contributed by atoms with van der Waals surface area (Å²) in [7, 11) is 0. The van der Waals surface area contributed by atoms with Crippen LogP contribution >= 0.6 is 34.5 Å². The number of rotatable bonds is 16. The van der Waals surface area contributed by atoms with Crippen molar-refractivity contribution in [1.82, 2.24) is 0 Å². The van der Waals surface area contributed by atoms with Gasteiger partial charge < -0.3 is 29.5 Å². The van der Waals surface area contributed by atoms with E-state index in [1.54, 1.807) is 72.8 Å². The highest BCUT2D eigenvalue weighted by atomic mass is 35.5. The SMILES string of the molecule is O=C(O)CC(=O)O.O=C=O.O=COCc1ccc(/C=C/C(=O)O)cc1.O=COCc1ccc(C=O)cc1.O=COCc1ccc2c(Cl)c(C(=O)Cl)sc2c1.O=Cc1ccccc1. The fourth-order valence-electron chi connectivity index (χ4n) is 3.96. The third kappa shape index (κ3) is 25.0. The van der Waals surface area contributed by atoms with Crippen molar-refractivity contribution in [3.63, 3.8) is 0 Å². The van der Waals surface area contributed by atoms with Crippen molar-refractivity contribution in [2.24, 2.45) is 0 Å². The van der Waals surface area contributed by atoms with E-state index in [2.05, 4.69) is 14.2 Å². The molecule has 5 rings (SSSR count). The molecule has 0 unspecified atom stereocenters. The lowest BCUT2D eigenvalue weighted by Gasteiger charge is -1.99. The van der Waals surface area contributed by atoms with Crippen LogP contribution in [-0.2, 0) is 72.4 Å². The largest absolute Gasteiger partial charge is 0.481 e. The Hall–Kier alpha value is -7.63. The van der Waals surface area contributed by atoms with E-state index >= 15 is 0 Å². The van der Waals surface area contributed by atoms with Gasteiger partial charge in [-0.25, -0.2) is 4.79 Å². The van der Waals surface area contributed by atoms with Gasteiger partial charge in [0.05, 0.1) is 5.02 Å². The minimum atomic E-state index is -1.31. The van der Waals surface area contributed by atoms with E-state index < -0.39 is 29.6 Å². The number of halogens is 2. The number of ether oxygens (including phenoxy) is 3. The van der Waals surface area contributed by atoms with E-state index in [9.17, 15) is 43.2 Å². The van der Waals surface area contributed by atoms with Gasteiger partial charge in [-0.15, -0.1) is 11.3 Å². The Balaban J connectivity index is 0.000000763. The maximum Gasteiger partial charge on any atom is 0.373 e. The summed E-state index contributed by atoms with van der Waals surface area (Å²) in [6.07, 6.45) is 3.61. The van der Waals surface area contributed by atoms with E-state index in [1.165, 1.54) is 17.4 Å². The summed E-state index contributed by atoms with van der Waals surface area (Å²) in [4.78, 5) is 107. The lowest BCUT2D eigenvalue weighted by Crippen LogP contribution is -2.03. The van der Waals surface area contributed by atoms with Crippen molar-refractivity contribution in [1.29, 1.82) is 0 Å². The molecule has 0 fully saturated rings. The number of thiophene rings is 1. The number of fused-ring (bicyclic) bond motifs is 1. The number of hydrogen-bond donors (Lipinski definition) is 3. The smallest absolute Gasteiger partial charge is 0.373 e. The molecule has 0 saturated heterocycles. The molecule has 324 valence electrons. The Kier molecular flexibility index (Phi) is 29.1. The van der Waals surface area contributed by atoms with Gasteiger partial charge in [0.2, 0.25) is 0 Å². The minimum Gasteiger partial charge on any atom is -0.481 e. The summed E-state index contributed by atoms with van der Waals surface area (Å²) in [5.74, 6) is -3.61. The molecule has 0 amide bonds. The van der Waals surface area contributed by atoms with E-state index in [0.29, 0.717) is 34.9 Å². The molecule has 17 nitrogen and oxygen atoms in total. The fraction of sp³-hybridized carbons (Fsp3) is 0.0952. The molecular formula is C42H34Cl2O17S. The molecule has 20 heteroatoms. The third-order valence-electron chi connectivity index (χ3n) is 6.58. The summed E-state index contributed by atoms with van der Waals surface area (Å²) in [6.45, 7) is 1.85. The normalized spacial score (nSPS) is 9.19. The molecule has 0 atom stereocenters. The summed E-state index contributed by atoms with van der Waals surface area (Å²) in [5.41, 5.74) is 4.68. The molecule has 1 heterocycles. The molecule has 0 bridgehead atoms. The van der Waals surface area contributed by atoms with Gasteiger partial charge in [0.15, 0.2) is 0 Å².